The molecule has 0 heterocycles. The highest BCUT2D eigenvalue weighted by Gasteiger charge is 2.17. The third-order valence-electron chi connectivity index (χ3n) is 1.54. The second kappa shape index (κ2) is 5.54. The molecule has 0 rings (SSSR count). The van der Waals surface area contributed by atoms with Crippen LogP contribution in [-0.4, -0.2) is 60.7 Å². The molecule has 0 spiro atoms. The maximum Gasteiger partial charge on any atom is 0.0899 e. The van der Waals surface area contributed by atoms with Crippen LogP contribution in [0.2, 0.25) is 0 Å². The van der Waals surface area contributed by atoms with Gasteiger partial charge in [-0.1, -0.05) is 0 Å². The first kappa shape index (κ1) is 12.8. The molecule has 0 aromatic rings. The third-order valence-corrected chi connectivity index (χ3v) is 1.54. The Kier molecular flexibility index (Phi) is 5.48. The average molecular weight is 191 g/mol. The molecule has 0 aliphatic heterocycles. The van der Waals surface area contributed by atoms with Crippen molar-refractivity contribution in [3.8, 4) is 0 Å². The number of likely N-dealkylation sites (N-methyl/N-ethyl adjacent to an activating group) is 1. The van der Waals surface area contributed by atoms with Gasteiger partial charge in [-0.05, 0) is 20.9 Å². The number of aliphatic hydroxyl groups is 2. The van der Waals surface area contributed by atoms with Crippen LogP contribution in [0.25, 0.3) is 0 Å². The van der Waals surface area contributed by atoms with Gasteiger partial charge in [0.2, 0.25) is 0 Å². The number of methoxy groups -OCH3 is 1. The second-order valence-corrected chi connectivity index (χ2v) is 4.12. The fourth-order valence-electron chi connectivity index (χ4n) is 1.33. The summed E-state index contributed by atoms with van der Waals surface area (Å²) in [5.41, 5.74) is -0.721. The fourth-order valence-corrected chi connectivity index (χ4v) is 1.33. The van der Waals surface area contributed by atoms with Crippen molar-refractivity contribution in [1.29, 1.82) is 0 Å². The van der Waals surface area contributed by atoms with Gasteiger partial charge in [0, 0.05) is 20.2 Å². The maximum atomic E-state index is 9.48. The Morgan fingerprint density at radius 2 is 2.00 bits per heavy atom. The van der Waals surface area contributed by atoms with Crippen LogP contribution in [0, 0.1) is 0 Å². The number of rotatable bonds is 6. The summed E-state index contributed by atoms with van der Waals surface area (Å²) in [6.07, 6.45) is -0.489. The Morgan fingerprint density at radius 3 is 2.38 bits per heavy atom. The number of ether oxygens (including phenoxy) is 1. The van der Waals surface area contributed by atoms with E-state index in [4.69, 9.17) is 4.74 Å². The molecule has 0 aliphatic carbocycles. The van der Waals surface area contributed by atoms with Crippen LogP contribution in [0.3, 0.4) is 0 Å². The van der Waals surface area contributed by atoms with Gasteiger partial charge < -0.3 is 19.8 Å². The molecule has 0 saturated carbocycles. The standard InChI is InChI=1S/C9H21NO3/c1-9(2,12)7-10(3)5-8(11)6-13-4/h8,11-12H,5-7H2,1-4H3. The van der Waals surface area contributed by atoms with Gasteiger partial charge in [-0.15, -0.1) is 0 Å². The minimum atomic E-state index is -0.721. The van der Waals surface area contributed by atoms with Gasteiger partial charge in [0.1, 0.15) is 0 Å². The molecule has 0 aromatic carbocycles. The van der Waals surface area contributed by atoms with E-state index in [0.29, 0.717) is 19.7 Å². The summed E-state index contributed by atoms with van der Waals surface area (Å²) in [6, 6.07) is 0. The lowest BCUT2D eigenvalue weighted by molar-refractivity contribution is 0.00884. The van der Waals surface area contributed by atoms with Gasteiger partial charge in [-0.2, -0.15) is 0 Å². The molecular weight excluding hydrogens is 170 g/mol. The summed E-state index contributed by atoms with van der Waals surface area (Å²) in [4.78, 5) is 1.88. The van der Waals surface area contributed by atoms with Gasteiger partial charge in [-0.3, -0.25) is 0 Å². The predicted octanol–water partition coefficient (Wildman–Crippen LogP) is -0.304. The van der Waals surface area contributed by atoms with Crippen molar-refractivity contribution in [2.45, 2.75) is 25.6 Å². The highest BCUT2D eigenvalue weighted by atomic mass is 16.5. The lowest BCUT2D eigenvalue weighted by Crippen LogP contribution is -2.40. The van der Waals surface area contributed by atoms with E-state index in [9.17, 15) is 10.2 Å². The van der Waals surface area contributed by atoms with E-state index in [2.05, 4.69) is 0 Å². The second-order valence-electron chi connectivity index (χ2n) is 4.12. The Labute approximate surface area is 80.1 Å². The first-order valence-electron chi connectivity index (χ1n) is 4.43. The normalized spacial score (nSPS) is 15.0. The Bertz CT molecular complexity index is 133. The van der Waals surface area contributed by atoms with Gasteiger partial charge >= 0.3 is 0 Å². The van der Waals surface area contributed by atoms with Crippen molar-refractivity contribution >= 4 is 0 Å². The molecule has 0 amide bonds. The van der Waals surface area contributed by atoms with Crippen LogP contribution < -0.4 is 0 Å². The molecule has 1 unspecified atom stereocenters. The van der Waals surface area contributed by atoms with Gasteiger partial charge in [-0.25, -0.2) is 0 Å². The smallest absolute Gasteiger partial charge is 0.0899 e. The van der Waals surface area contributed by atoms with E-state index in [0.717, 1.165) is 0 Å². The number of aliphatic hydroxyl groups excluding tert-OH is 1. The van der Waals surface area contributed by atoms with Gasteiger partial charge in [0.15, 0.2) is 0 Å². The van der Waals surface area contributed by atoms with Crippen LogP contribution in [0.1, 0.15) is 13.8 Å². The Balaban J connectivity index is 3.67. The summed E-state index contributed by atoms with van der Waals surface area (Å²) >= 11 is 0. The van der Waals surface area contributed by atoms with Crippen molar-refractivity contribution < 1.29 is 14.9 Å². The van der Waals surface area contributed by atoms with Crippen LogP contribution in [0.5, 0.6) is 0 Å². The van der Waals surface area contributed by atoms with E-state index in [1.165, 1.54) is 0 Å². The Hall–Kier alpha value is -0.160. The van der Waals surface area contributed by atoms with Crippen LogP contribution in [0.15, 0.2) is 0 Å². The van der Waals surface area contributed by atoms with Gasteiger partial charge in [0.25, 0.3) is 0 Å². The molecule has 0 aromatic heterocycles. The Morgan fingerprint density at radius 1 is 1.46 bits per heavy atom. The molecule has 0 bridgehead atoms. The van der Waals surface area contributed by atoms with E-state index >= 15 is 0 Å². The molecule has 0 radical (unpaired) electrons. The minimum absolute atomic E-state index is 0.330. The molecule has 4 nitrogen and oxygen atoms in total. The van der Waals surface area contributed by atoms with Crippen LogP contribution >= 0.6 is 0 Å². The zero-order valence-corrected chi connectivity index (χ0v) is 8.95. The minimum Gasteiger partial charge on any atom is -0.389 e. The van der Waals surface area contributed by atoms with Crippen molar-refractivity contribution in [2.24, 2.45) is 0 Å². The lowest BCUT2D eigenvalue weighted by atomic mass is 10.1. The van der Waals surface area contributed by atoms with E-state index in [-0.39, 0.29) is 0 Å². The van der Waals surface area contributed by atoms with Crippen molar-refractivity contribution in [1.82, 2.24) is 4.90 Å². The molecule has 1 atom stereocenters. The number of hydrogen-bond acceptors (Lipinski definition) is 4. The first-order chi connectivity index (χ1) is 5.85. The predicted molar refractivity (Wildman–Crippen MR) is 51.7 cm³/mol. The molecular formula is C9H21NO3. The average Bonchev–Trinajstić information content (AvgIpc) is 1.81. The molecule has 2 N–H and O–H groups in total. The molecule has 0 fully saturated rings. The quantitative estimate of drug-likeness (QED) is 0.605. The summed E-state index contributed by atoms with van der Waals surface area (Å²) in [5.74, 6) is 0. The van der Waals surface area contributed by atoms with Crippen molar-refractivity contribution in [3.63, 3.8) is 0 Å². The van der Waals surface area contributed by atoms with E-state index in [1.54, 1.807) is 21.0 Å². The zero-order chi connectivity index (χ0) is 10.5. The van der Waals surface area contributed by atoms with E-state index < -0.39 is 11.7 Å². The first-order valence-corrected chi connectivity index (χ1v) is 4.43. The number of nitrogens with zero attached hydrogens (tertiary/aromatic N) is 1. The molecule has 80 valence electrons. The molecule has 13 heavy (non-hydrogen) atoms. The summed E-state index contributed by atoms with van der Waals surface area (Å²) in [5, 5.41) is 18.8. The maximum absolute atomic E-state index is 9.48. The summed E-state index contributed by atoms with van der Waals surface area (Å²) < 4.78 is 4.80. The topological polar surface area (TPSA) is 52.9 Å². The molecule has 4 heteroatoms. The monoisotopic (exact) mass is 191 g/mol. The lowest BCUT2D eigenvalue weighted by Gasteiger charge is -2.26. The highest BCUT2D eigenvalue weighted by molar-refractivity contribution is 4.71. The number of hydrogen-bond donors (Lipinski definition) is 2. The molecule has 0 saturated heterocycles. The van der Waals surface area contributed by atoms with Gasteiger partial charge in [0.05, 0.1) is 18.3 Å². The van der Waals surface area contributed by atoms with E-state index in [1.807, 2.05) is 11.9 Å². The largest absolute Gasteiger partial charge is 0.389 e. The third kappa shape index (κ3) is 8.18. The van der Waals surface area contributed by atoms with Crippen molar-refractivity contribution in [2.75, 3.05) is 33.9 Å². The highest BCUT2D eigenvalue weighted by Crippen LogP contribution is 2.03. The fraction of sp³-hybridized carbons (Fsp3) is 1.00. The van der Waals surface area contributed by atoms with Crippen LogP contribution in [0.4, 0.5) is 0 Å². The summed E-state index contributed by atoms with van der Waals surface area (Å²) in [6.45, 7) is 4.86. The molecule has 0 aliphatic rings. The summed E-state index contributed by atoms with van der Waals surface area (Å²) in [7, 11) is 3.41. The van der Waals surface area contributed by atoms with Crippen molar-refractivity contribution in [3.05, 3.63) is 0 Å². The zero-order valence-electron chi connectivity index (χ0n) is 8.95. The van der Waals surface area contributed by atoms with Crippen LogP contribution in [-0.2, 0) is 4.74 Å². The SMILES string of the molecule is COCC(O)CN(C)CC(C)(C)O.